The third kappa shape index (κ3) is 3.09. The largest absolute Gasteiger partial charge is 0.375 e. The third-order valence-electron chi connectivity index (χ3n) is 4.02. The smallest absolute Gasteiger partial charge is 0.268 e. The predicted molar refractivity (Wildman–Crippen MR) is 82.1 cm³/mol. The number of hydrogen-bond acceptors (Lipinski definition) is 5. The average Bonchev–Trinajstić information content (AvgIpc) is 2.51. The van der Waals surface area contributed by atoms with Gasteiger partial charge in [-0.15, -0.1) is 0 Å². The van der Waals surface area contributed by atoms with Crippen LogP contribution in [0.5, 0.6) is 0 Å². The Hall–Kier alpha value is -1.93. The zero-order valence-electron chi connectivity index (χ0n) is 12.8. The van der Waals surface area contributed by atoms with Crippen LogP contribution >= 0.6 is 0 Å². The molecule has 2 aliphatic rings. The minimum atomic E-state index is -3.83. The van der Waals surface area contributed by atoms with Gasteiger partial charge in [-0.25, -0.2) is 12.7 Å². The quantitative estimate of drug-likeness (QED) is 0.770. The summed E-state index contributed by atoms with van der Waals surface area (Å²) in [5.41, 5.74) is 0.812. The summed E-state index contributed by atoms with van der Waals surface area (Å²) < 4.78 is 30.8. The van der Waals surface area contributed by atoms with Gasteiger partial charge in [-0.1, -0.05) is 18.2 Å². The van der Waals surface area contributed by atoms with Gasteiger partial charge in [0, 0.05) is 18.7 Å². The van der Waals surface area contributed by atoms with E-state index in [1.165, 1.54) is 4.90 Å². The number of amides is 2. The van der Waals surface area contributed by atoms with Crippen LogP contribution in [0.3, 0.4) is 0 Å². The molecule has 2 aliphatic heterocycles. The molecule has 0 saturated carbocycles. The molecule has 0 aromatic heterocycles. The average molecular weight is 338 g/mol. The molecule has 1 saturated heterocycles. The molecule has 124 valence electrons. The van der Waals surface area contributed by atoms with Crippen molar-refractivity contribution in [1.82, 2.24) is 9.21 Å². The van der Waals surface area contributed by atoms with Crippen molar-refractivity contribution < 1.29 is 22.7 Å². The molecular weight excluding hydrogens is 320 g/mol. The van der Waals surface area contributed by atoms with Crippen molar-refractivity contribution in [2.75, 3.05) is 26.2 Å². The van der Waals surface area contributed by atoms with Crippen molar-refractivity contribution in [2.24, 2.45) is 0 Å². The van der Waals surface area contributed by atoms with Crippen LogP contribution in [0.15, 0.2) is 24.3 Å². The molecule has 1 unspecified atom stereocenters. The normalized spacial score (nSPS) is 23.5. The molecule has 1 fully saturated rings. The Bertz CT molecular complexity index is 746. The second-order valence-corrected chi connectivity index (χ2v) is 7.64. The Balaban J connectivity index is 1.82. The zero-order valence-corrected chi connectivity index (χ0v) is 13.6. The van der Waals surface area contributed by atoms with Gasteiger partial charge >= 0.3 is 0 Å². The molecule has 0 aliphatic carbocycles. The van der Waals surface area contributed by atoms with Crippen molar-refractivity contribution in [3.05, 3.63) is 35.4 Å². The van der Waals surface area contributed by atoms with Crippen LogP contribution in [0.4, 0.5) is 0 Å². The van der Waals surface area contributed by atoms with Crippen molar-refractivity contribution in [3.63, 3.8) is 0 Å². The standard InChI is InChI=1S/C15H18N2O5S/c1-11-8-16(6-7-22-11)14(18)9-17-15(19)13-5-3-2-4-12(13)10-23(17,20)21/h2-5,11H,6-10H2,1H3. The summed E-state index contributed by atoms with van der Waals surface area (Å²) >= 11 is 0. The highest BCUT2D eigenvalue weighted by Crippen LogP contribution is 2.24. The van der Waals surface area contributed by atoms with E-state index in [9.17, 15) is 18.0 Å². The highest BCUT2D eigenvalue weighted by atomic mass is 32.2. The number of nitrogens with zero attached hydrogens (tertiary/aromatic N) is 2. The third-order valence-corrected chi connectivity index (χ3v) is 5.66. The number of carbonyl (C=O) groups is 2. The van der Waals surface area contributed by atoms with Gasteiger partial charge in [-0.2, -0.15) is 0 Å². The number of morpholine rings is 1. The summed E-state index contributed by atoms with van der Waals surface area (Å²) in [6.07, 6.45) is -0.0953. The number of benzene rings is 1. The van der Waals surface area contributed by atoms with E-state index in [2.05, 4.69) is 0 Å². The van der Waals surface area contributed by atoms with Crippen LogP contribution in [0.2, 0.25) is 0 Å². The molecule has 7 nitrogen and oxygen atoms in total. The fourth-order valence-corrected chi connectivity index (χ4v) is 4.29. The van der Waals surface area contributed by atoms with Gasteiger partial charge in [-0.05, 0) is 18.6 Å². The number of carbonyl (C=O) groups excluding carboxylic acids is 2. The monoisotopic (exact) mass is 338 g/mol. The maximum absolute atomic E-state index is 12.5. The van der Waals surface area contributed by atoms with Crippen LogP contribution in [0.25, 0.3) is 0 Å². The lowest BCUT2D eigenvalue weighted by Gasteiger charge is -2.34. The molecule has 0 N–H and O–H groups in total. The first-order valence-electron chi connectivity index (χ1n) is 7.40. The first kappa shape index (κ1) is 15.9. The molecule has 0 spiro atoms. The molecule has 0 bridgehead atoms. The molecule has 1 atom stereocenters. The van der Waals surface area contributed by atoms with E-state index >= 15 is 0 Å². The number of hydrogen-bond donors (Lipinski definition) is 0. The van der Waals surface area contributed by atoms with E-state index in [-0.39, 0.29) is 17.8 Å². The van der Waals surface area contributed by atoms with Crippen LogP contribution in [-0.4, -0.2) is 61.8 Å². The Morgan fingerprint density at radius 2 is 2.09 bits per heavy atom. The second kappa shape index (κ2) is 5.93. The fourth-order valence-electron chi connectivity index (χ4n) is 2.83. The molecule has 3 rings (SSSR count). The summed E-state index contributed by atoms with van der Waals surface area (Å²) in [4.78, 5) is 26.4. The molecule has 1 aromatic carbocycles. The Morgan fingerprint density at radius 3 is 2.83 bits per heavy atom. The number of sulfonamides is 1. The SMILES string of the molecule is CC1CN(C(=O)CN2C(=O)c3ccccc3CS2(=O)=O)CCO1. The van der Waals surface area contributed by atoms with Gasteiger partial charge in [-0.3, -0.25) is 9.59 Å². The lowest BCUT2D eigenvalue weighted by molar-refractivity contribution is -0.138. The summed E-state index contributed by atoms with van der Waals surface area (Å²) in [6.45, 7) is 2.61. The topological polar surface area (TPSA) is 84.0 Å². The minimum absolute atomic E-state index is 0.0953. The maximum Gasteiger partial charge on any atom is 0.268 e. The summed E-state index contributed by atoms with van der Waals surface area (Å²) in [5.74, 6) is -1.28. The predicted octanol–water partition coefficient (Wildman–Crippen LogP) is 0.219. The molecule has 2 heterocycles. The van der Waals surface area contributed by atoms with Crippen LogP contribution < -0.4 is 0 Å². The van der Waals surface area contributed by atoms with Gasteiger partial charge in [0.05, 0.1) is 18.5 Å². The van der Waals surface area contributed by atoms with Gasteiger partial charge in [0.25, 0.3) is 5.91 Å². The van der Waals surface area contributed by atoms with Crippen molar-refractivity contribution in [3.8, 4) is 0 Å². The Kier molecular flexibility index (Phi) is 4.11. The number of rotatable bonds is 2. The molecule has 2 amide bonds. The summed E-state index contributed by atoms with van der Waals surface area (Å²) in [5, 5.41) is 0. The lowest BCUT2D eigenvalue weighted by atomic mass is 10.1. The van der Waals surface area contributed by atoms with Crippen LogP contribution in [-0.2, 0) is 25.3 Å². The van der Waals surface area contributed by atoms with Gasteiger partial charge in [0.15, 0.2) is 0 Å². The van der Waals surface area contributed by atoms with Crippen LogP contribution in [0.1, 0.15) is 22.8 Å². The summed E-state index contributed by atoms with van der Waals surface area (Å²) in [6, 6.07) is 6.57. The molecule has 23 heavy (non-hydrogen) atoms. The highest BCUT2D eigenvalue weighted by molar-refractivity contribution is 7.89. The Morgan fingerprint density at radius 1 is 1.35 bits per heavy atom. The summed E-state index contributed by atoms with van der Waals surface area (Å²) in [7, 11) is -3.83. The van der Waals surface area contributed by atoms with E-state index in [1.54, 1.807) is 24.3 Å². The Labute approximate surface area is 134 Å². The van der Waals surface area contributed by atoms with Crippen molar-refractivity contribution in [1.29, 1.82) is 0 Å². The maximum atomic E-state index is 12.5. The molecule has 8 heteroatoms. The fraction of sp³-hybridized carbons (Fsp3) is 0.467. The van der Waals surface area contributed by atoms with Crippen molar-refractivity contribution in [2.45, 2.75) is 18.8 Å². The number of fused-ring (bicyclic) bond motifs is 1. The van der Waals surface area contributed by atoms with Gasteiger partial charge in [0.2, 0.25) is 15.9 Å². The first-order valence-corrected chi connectivity index (χ1v) is 9.01. The molecular formula is C15H18N2O5S. The minimum Gasteiger partial charge on any atom is -0.375 e. The molecule has 0 radical (unpaired) electrons. The van der Waals surface area contributed by atoms with Crippen molar-refractivity contribution >= 4 is 21.8 Å². The van der Waals surface area contributed by atoms with Gasteiger partial charge in [0.1, 0.15) is 6.54 Å². The lowest BCUT2D eigenvalue weighted by Crippen LogP contribution is -2.51. The van der Waals surface area contributed by atoms with E-state index in [0.717, 1.165) is 0 Å². The van der Waals surface area contributed by atoms with E-state index in [1.807, 2.05) is 6.92 Å². The van der Waals surface area contributed by atoms with Gasteiger partial charge < -0.3 is 9.64 Å². The van der Waals surface area contributed by atoms with E-state index < -0.39 is 22.5 Å². The number of ether oxygens (including phenoxy) is 1. The second-order valence-electron chi connectivity index (χ2n) is 5.75. The highest BCUT2D eigenvalue weighted by Gasteiger charge is 2.38. The van der Waals surface area contributed by atoms with Crippen LogP contribution in [0, 0.1) is 0 Å². The first-order chi connectivity index (χ1) is 10.9. The zero-order chi connectivity index (χ0) is 16.6. The van der Waals surface area contributed by atoms with E-state index in [0.29, 0.717) is 35.1 Å². The van der Waals surface area contributed by atoms with E-state index in [4.69, 9.17) is 4.74 Å². The molecule has 1 aromatic rings.